The Balaban J connectivity index is 1.83. The van der Waals surface area contributed by atoms with Crippen LogP contribution in [-0.2, 0) is 9.59 Å². The summed E-state index contributed by atoms with van der Waals surface area (Å²) in [5.41, 5.74) is 0.733. The van der Waals surface area contributed by atoms with E-state index in [4.69, 9.17) is 0 Å². The minimum absolute atomic E-state index is 0.0213. The first-order chi connectivity index (χ1) is 9.16. The molecule has 0 aliphatic carbocycles. The van der Waals surface area contributed by atoms with Crippen molar-refractivity contribution in [1.82, 2.24) is 10.6 Å². The number of hydrogen-bond acceptors (Lipinski definition) is 3. The van der Waals surface area contributed by atoms with Crippen LogP contribution in [0.1, 0.15) is 13.3 Å². The molecule has 19 heavy (non-hydrogen) atoms. The van der Waals surface area contributed by atoms with Crippen LogP contribution in [0.15, 0.2) is 30.3 Å². The SMILES string of the molecule is CC(NC(=O)C1CCNC1)C(=O)Nc1ccccc1. The first-order valence-corrected chi connectivity index (χ1v) is 6.54. The van der Waals surface area contributed by atoms with Crippen molar-refractivity contribution in [1.29, 1.82) is 0 Å². The van der Waals surface area contributed by atoms with Gasteiger partial charge in [0.15, 0.2) is 0 Å². The van der Waals surface area contributed by atoms with E-state index in [1.807, 2.05) is 30.3 Å². The Morgan fingerprint density at radius 1 is 1.32 bits per heavy atom. The first-order valence-electron chi connectivity index (χ1n) is 6.54. The number of benzene rings is 1. The van der Waals surface area contributed by atoms with Crippen molar-refractivity contribution in [3.63, 3.8) is 0 Å². The fourth-order valence-electron chi connectivity index (χ4n) is 2.05. The van der Waals surface area contributed by atoms with Crippen LogP contribution in [0.2, 0.25) is 0 Å². The second-order valence-electron chi connectivity index (χ2n) is 4.78. The van der Waals surface area contributed by atoms with Crippen LogP contribution >= 0.6 is 0 Å². The lowest BCUT2D eigenvalue weighted by Gasteiger charge is -2.16. The molecule has 3 N–H and O–H groups in total. The quantitative estimate of drug-likeness (QED) is 0.748. The highest BCUT2D eigenvalue weighted by atomic mass is 16.2. The van der Waals surface area contributed by atoms with Crippen molar-refractivity contribution in [2.24, 2.45) is 5.92 Å². The van der Waals surface area contributed by atoms with E-state index in [1.165, 1.54) is 0 Å². The van der Waals surface area contributed by atoms with Crippen molar-refractivity contribution in [2.75, 3.05) is 18.4 Å². The molecule has 0 spiro atoms. The Labute approximate surface area is 112 Å². The molecule has 2 atom stereocenters. The third-order valence-electron chi connectivity index (χ3n) is 3.22. The molecule has 0 aromatic heterocycles. The lowest BCUT2D eigenvalue weighted by molar-refractivity contribution is -0.128. The zero-order valence-electron chi connectivity index (χ0n) is 11.0. The van der Waals surface area contributed by atoms with Crippen LogP contribution in [0.5, 0.6) is 0 Å². The topological polar surface area (TPSA) is 70.2 Å². The van der Waals surface area contributed by atoms with Crippen molar-refractivity contribution >= 4 is 17.5 Å². The van der Waals surface area contributed by atoms with Gasteiger partial charge in [0.05, 0.1) is 5.92 Å². The van der Waals surface area contributed by atoms with Crippen LogP contribution in [0.3, 0.4) is 0 Å². The van der Waals surface area contributed by atoms with Crippen molar-refractivity contribution in [3.8, 4) is 0 Å². The molecule has 0 bridgehead atoms. The number of carbonyl (C=O) groups is 2. The maximum atomic E-state index is 11.9. The Kier molecular flexibility index (Phi) is 4.52. The standard InChI is InChI=1S/C14H19N3O2/c1-10(16-14(19)11-7-8-15-9-11)13(18)17-12-5-3-2-4-6-12/h2-6,10-11,15H,7-9H2,1H3,(H,16,19)(H,17,18). The van der Waals surface area contributed by atoms with Crippen molar-refractivity contribution in [2.45, 2.75) is 19.4 Å². The third-order valence-corrected chi connectivity index (χ3v) is 3.22. The lowest BCUT2D eigenvalue weighted by Crippen LogP contribution is -2.44. The van der Waals surface area contributed by atoms with Gasteiger partial charge >= 0.3 is 0 Å². The summed E-state index contributed by atoms with van der Waals surface area (Å²) in [5.74, 6) is -0.279. The van der Waals surface area contributed by atoms with Gasteiger partial charge in [-0.05, 0) is 32.0 Å². The molecule has 5 heteroatoms. The maximum Gasteiger partial charge on any atom is 0.246 e. The van der Waals surface area contributed by atoms with Crippen molar-refractivity contribution < 1.29 is 9.59 Å². The first kappa shape index (κ1) is 13.5. The number of anilines is 1. The van der Waals surface area contributed by atoms with Gasteiger partial charge in [-0.3, -0.25) is 9.59 Å². The molecular weight excluding hydrogens is 242 g/mol. The van der Waals surface area contributed by atoms with Gasteiger partial charge in [0, 0.05) is 12.2 Å². The normalized spacial score (nSPS) is 19.7. The van der Waals surface area contributed by atoms with E-state index in [9.17, 15) is 9.59 Å². The molecule has 2 amide bonds. The van der Waals surface area contributed by atoms with Crippen LogP contribution < -0.4 is 16.0 Å². The second-order valence-corrected chi connectivity index (χ2v) is 4.78. The number of carbonyl (C=O) groups excluding carboxylic acids is 2. The molecule has 1 heterocycles. The van der Waals surface area contributed by atoms with Gasteiger partial charge < -0.3 is 16.0 Å². The van der Waals surface area contributed by atoms with Gasteiger partial charge in [-0.25, -0.2) is 0 Å². The Hall–Kier alpha value is -1.88. The molecule has 0 radical (unpaired) electrons. The fourth-order valence-corrected chi connectivity index (χ4v) is 2.05. The summed E-state index contributed by atoms with van der Waals surface area (Å²) in [7, 11) is 0. The highest BCUT2D eigenvalue weighted by Crippen LogP contribution is 2.08. The van der Waals surface area contributed by atoms with E-state index in [-0.39, 0.29) is 17.7 Å². The summed E-state index contributed by atoms with van der Waals surface area (Å²) in [5, 5.41) is 8.65. The van der Waals surface area contributed by atoms with Gasteiger partial charge in [-0.1, -0.05) is 18.2 Å². The zero-order chi connectivity index (χ0) is 13.7. The van der Waals surface area contributed by atoms with E-state index >= 15 is 0 Å². The average Bonchev–Trinajstić information content (AvgIpc) is 2.93. The summed E-state index contributed by atoms with van der Waals surface area (Å²) in [6.45, 7) is 3.25. The number of hydrogen-bond donors (Lipinski definition) is 3. The van der Waals surface area contributed by atoms with Gasteiger partial charge in [0.2, 0.25) is 11.8 Å². The molecule has 1 aliphatic rings. The van der Waals surface area contributed by atoms with Gasteiger partial charge in [0.25, 0.3) is 0 Å². The second kappa shape index (κ2) is 6.33. The summed E-state index contributed by atoms with van der Waals surface area (Å²) in [4.78, 5) is 23.8. The molecule has 1 aliphatic heterocycles. The highest BCUT2D eigenvalue weighted by molar-refractivity contribution is 5.97. The molecule has 1 fully saturated rings. The van der Waals surface area contributed by atoms with Gasteiger partial charge in [-0.2, -0.15) is 0 Å². The van der Waals surface area contributed by atoms with Gasteiger partial charge in [-0.15, -0.1) is 0 Å². The van der Waals surface area contributed by atoms with Gasteiger partial charge in [0.1, 0.15) is 6.04 Å². The minimum Gasteiger partial charge on any atom is -0.344 e. The van der Waals surface area contributed by atoms with Crippen LogP contribution in [0.4, 0.5) is 5.69 Å². The van der Waals surface area contributed by atoms with Crippen LogP contribution in [-0.4, -0.2) is 30.9 Å². The zero-order valence-corrected chi connectivity index (χ0v) is 11.0. The molecule has 2 rings (SSSR count). The summed E-state index contributed by atoms with van der Waals surface area (Å²) >= 11 is 0. The van der Waals surface area contributed by atoms with E-state index in [2.05, 4.69) is 16.0 Å². The molecule has 102 valence electrons. The number of rotatable bonds is 4. The summed E-state index contributed by atoms with van der Waals surface area (Å²) in [6.07, 6.45) is 0.832. The van der Waals surface area contributed by atoms with E-state index < -0.39 is 6.04 Å². The highest BCUT2D eigenvalue weighted by Gasteiger charge is 2.25. The average molecular weight is 261 g/mol. The molecule has 1 aromatic rings. The number of para-hydroxylation sites is 1. The Bertz CT molecular complexity index is 441. The monoisotopic (exact) mass is 261 g/mol. The predicted molar refractivity (Wildman–Crippen MR) is 73.7 cm³/mol. The van der Waals surface area contributed by atoms with E-state index in [0.29, 0.717) is 6.54 Å². The molecule has 2 unspecified atom stereocenters. The molecule has 0 saturated carbocycles. The fraction of sp³-hybridized carbons (Fsp3) is 0.429. The van der Waals surface area contributed by atoms with Crippen LogP contribution in [0, 0.1) is 5.92 Å². The summed E-state index contributed by atoms with van der Waals surface area (Å²) in [6, 6.07) is 8.68. The molecular formula is C14H19N3O2. The maximum absolute atomic E-state index is 11.9. The van der Waals surface area contributed by atoms with E-state index in [1.54, 1.807) is 6.92 Å². The van der Waals surface area contributed by atoms with E-state index in [0.717, 1.165) is 18.7 Å². The molecule has 1 aromatic carbocycles. The minimum atomic E-state index is -0.534. The van der Waals surface area contributed by atoms with Crippen molar-refractivity contribution in [3.05, 3.63) is 30.3 Å². The summed E-state index contributed by atoms with van der Waals surface area (Å²) < 4.78 is 0. The third kappa shape index (κ3) is 3.79. The Morgan fingerprint density at radius 2 is 2.05 bits per heavy atom. The van der Waals surface area contributed by atoms with Crippen LogP contribution in [0.25, 0.3) is 0 Å². The smallest absolute Gasteiger partial charge is 0.246 e. The Morgan fingerprint density at radius 3 is 2.68 bits per heavy atom. The largest absolute Gasteiger partial charge is 0.344 e. The number of nitrogens with one attached hydrogen (secondary N) is 3. The number of amides is 2. The predicted octanol–water partition coefficient (Wildman–Crippen LogP) is 0.739. The lowest BCUT2D eigenvalue weighted by atomic mass is 10.1. The molecule has 5 nitrogen and oxygen atoms in total. The molecule has 1 saturated heterocycles.